The fourth-order valence-corrected chi connectivity index (χ4v) is 4.65. The summed E-state index contributed by atoms with van der Waals surface area (Å²) in [5.74, 6) is 0.958. The van der Waals surface area contributed by atoms with Crippen molar-refractivity contribution in [1.82, 2.24) is 5.32 Å². The highest BCUT2D eigenvalue weighted by molar-refractivity contribution is 5.95. The topological polar surface area (TPSA) is 103 Å². The molecule has 0 aromatic heterocycles. The number of hydrogen-bond acceptors (Lipinski definition) is 5. The number of carbonyl (C=O) groups is 2. The van der Waals surface area contributed by atoms with E-state index in [0.717, 1.165) is 12.0 Å². The van der Waals surface area contributed by atoms with Gasteiger partial charge in [0.15, 0.2) is 0 Å². The molecule has 2 unspecified atom stereocenters. The molecule has 4 N–H and O–H groups in total. The van der Waals surface area contributed by atoms with E-state index in [9.17, 15) is 14.0 Å². The number of amides is 2. The molecule has 0 aliphatic heterocycles. The van der Waals surface area contributed by atoms with E-state index in [1.54, 1.807) is 32.2 Å². The van der Waals surface area contributed by atoms with E-state index in [4.69, 9.17) is 15.2 Å². The Hall–Kier alpha value is -3.91. The first kappa shape index (κ1) is 29.1. The van der Waals surface area contributed by atoms with Crippen LogP contribution < -0.4 is 25.8 Å². The molecule has 1 aliphatic rings. The lowest BCUT2D eigenvalue weighted by molar-refractivity contribution is -0.119. The van der Waals surface area contributed by atoms with Crippen LogP contribution in [0.5, 0.6) is 11.5 Å². The molecule has 212 valence electrons. The van der Waals surface area contributed by atoms with Gasteiger partial charge in [-0.25, -0.2) is 4.39 Å². The maximum Gasteiger partial charge on any atom is 0.251 e. The lowest BCUT2D eigenvalue weighted by Gasteiger charge is -2.27. The second-order valence-electron chi connectivity index (χ2n) is 10.7. The van der Waals surface area contributed by atoms with Crippen LogP contribution in [0, 0.1) is 23.6 Å². The van der Waals surface area contributed by atoms with Gasteiger partial charge in [-0.2, -0.15) is 0 Å². The molecule has 3 aromatic carbocycles. The second-order valence-corrected chi connectivity index (χ2v) is 10.7. The first-order chi connectivity index (χ1) is 19.2. The smallest absolute Gasteiger partial charge is 0.251 e. The molecule has 0 spiro atoms. The van der Waals surface area contributed by atoms with Gasteiger partial charge in [-0.15, -0.1) is 0 Å². The maximum atomic E-state index is 13.5. The first-order valence-corrected chi connectivity index (χ1v) is 13.7. The largest absolute Gasteiger partial charge is 0.497 e. The minimum atomic E-state index is -0.518. The van der Waals surface area contributed by atoms with Gasteiger partial charge in [0.2, 0.25) is 5.91 Å². The van der Waals surface area contributed by atoms with Gasteiger partial charge in [0, 0.05) is 35.3 Å². The molecule has 7 nitrogen and oxygen atoms in total. The Morgan fingerprint density at radius 1 is 1.05 bits per heavy atom. The Morgan fingerprint density at radius 3 is 2.38 bits per heavy atom. The third-order valence-corrected chi connectivity index (χ3v) is 7.43. The summed E-state index contributed by atoms with van der Waals surface area (Å²) < 4.78 is 24.6. The molecule has 0 radical (unpaired) electrons. The van der Waals surface area contributed by atoms with E-state index >= 15 is 0 Å². The highest BCUT2D eigenvalue weighted by Gasteiger charge is 2.33. The monoisotopic (exact) mass is 547 g/mol. The molecule has 5 atom stereocenters. The molecule has 2 amide bonds. The summed E-state index contributed by atoms with van der Waals surface area (Å²) in [6.07, 6.45) is 1.97. The number of halogens is 1. The van der Waals surface area contributed by atoms with Crippen molar-refractivity contribution in [2.45, 2.75) is 45.2 Å². The van der Waals surface area contributed by atoms with E-state index < -0.39 is 18.0 Å². The lowest BCUT2D eigenvalue weighted by Crippen LogP contribution is -2.50. The Labute approximate surface area is 235 Å². The Balaban J connectivity index is 1.45. The van der Waals surface area contributed by atoms with Crippen molar-refractivity contribution in [3.63, 3.8) is 0 Å². The average Bonchev–Trinajstić information content (AvgIpc) is 3.67. The SMILES string of the molecule is COc1cc(OCC2CC2C)cc(C(=O)N[C@@H](Cc2ccccc2)[C@@H](N)C[C@@H](C)C(=O)Nc2ccc(F)cc2)c1. The Morgan fingerprint density at radius 2 is 1.73 bits per heavy atom. The summed E-state index contributed by atoms with van der Waals surface area (Å²) in [7, 11) is 1.55. The number of nitrogens with two attached hydrogens (primary N) is 1. The van der Waals surface area contributed by atoms with Crippen LogP contribution in [0.2, 0.25) is 0 Å². The molecule has 0 bridgehead atoms. The van der Waals surface area contributed by atoms with Crippen molar-refractivity contribution in [3.05, 3.63) is 89.7 Å². The standard InChI is InChI=1S/C32H38FN3O4/c1-20-13-24(20)19-40-28-17-23(16-27(18-28)39-3)32(38)36-30(15-22-7-5-4-6-8-22)29(34)14-21(2)31(37)35-26-11-9-25(33)10-12-26/h4-12,16-18,20-21,24,29-30H,13-15,19,34H2,1-3H3,(H,35,37)(H,36,38)/t20?,21-,24?,29+,30+/m1/s1. The normalized spacial score (nSPS) is 18.2. The van der Waals surface area contributed by atoms with E-state index in [-0.39, 0.29) is 17.6 Å². The summed E-state index contributed by atoms with van der Waals surface area (Å²) in [6, 6.07) is 19.6. The molecular formula is C32H38FN3O4. The Bertz CT molecular complexity index is 1290. The maximum absolute atomic E-state index is 13.5. The van der Waals surface area contributed by atoms with Gasteiger partial charge < -0.3 is 25.8 Å². The zero-order valence-electron chi connectivity index (χ0n) is 23.2. The zero-order valence-corrected chi connectivity index (χ0v) is 23.2. The van der Waals surface area contributed by atoms with Gasteiger partial charge in [0.05, 0.1) is 13.7 Å². The first-order valence-electron chi connectivity index (χ1n) is 13.7. The highest BCUT2D eigenvalue weighted by atomic mass is 19.1. The van der Waals surface area contributed by atoms with Gasteiger partial charge in [-0.1, -0.05) is 44.2 Å². The van der Waals surface area contributed by atoms with E-state index in [0.29, 0.717) is 54.0 Å². The van der Waals surface area contributed by atoms with Crippen molar-refractivity contribution < 1.29 is 23.5 Å². The molecule has 8 heteroatoms. The van der Waals surface area contributed by atoms with E-state index in [1.165, 1.54) is 24.3 Å². The van der Waals surface area contributed by atoms with Crippen LogP contribution in [0.15, 0.2) is 72.8 Å². The fraction of sp³-hybridized carbons (Fsp3) is 0.375. The van der Waals surface area contributed by atoms with Crippen LogP contribution in [-0.4, -0.2) is 37.6 Å². The summed E-state index contributed by atoms with van der Waals surface area (Å²) >= 11 is 0. The molecule has 40 heavy (non-hydrogen) atoms. The van der Waals surface area contributed by atoms with Crippen molar-refractivity contribution in [2.75, 3.05) is 19.0 Å². The number of hydrogen-bond donors (Lipinski definition) is 3. The van der Waals surface area contributed by atoms with Crippen molar-refractivity contribution in [3.8, 4) is 11.5 Å². The minimum Gasteiger partial charge on any atom is -0.497 e. The second kappa shape index (κ2) is 13.4. The molecule has 1 fully saturated rings. The highest BCUT2D eigenvalue weighted by Crippen LogP contribution is 2.38. The number of ether oxygens (including phenoxy) is 2. The summed E-state index contributed by atoms with van der Waals surface area (Å²) in [5, 5.41) is 5.90. The molecule has 3 aromatic rings. The van der Waals surface area contributed by atoms with Gasteiger partial charge in [-0.3, -0.25) is 9.59 Å². The van der Waals surface area contributed by atoms with Crippen molar-refractivity contribution in [1.29, 1.82) is 0 Å². The zero-order chi connectivity index (χ0) is 28.6. The van der Waals surface area contributed by atoms with Crippen LogP contribution in [0.1, 0.15) is 42.6 Å². The third-order valence-electron chi connectivity index (χ3n) is 7.43. The average molecular weight is 548 g/mol. The van der Waals surface area contributed by atoms with Gasteiger partial charge in [-0.05, 0) is 73.1 Å². The van der Waals surface area contributed by atoms with Crippen molar-refractivity contribution in [2.24, 2.45) is 23.5 Å². The molecule has 0 heterocycles. The summed E-state index contributed by atoms with van der Waals surface area (Å²) in [6.45, 7) is 4.59. The van der Waals surface area contributed by atoms with Crippen LogP contribution >= 0.6 is 0 Å². The number of rotatable bonds is 13. The molecule has 4 rings (SSSR count). The van der Waals surface area contributed by atoms with Crippen LogP contribution in [0.3, 0.4) is 0 Å². The third kappa shape index (κ3) is 8.29. The quantitative estimate of drug-likeness (QED) is 0.273. The van der Waals surface area contributed by atoms with Gasteiger partial charge >= 0.3 is 0 Å². The minimum absolute atomic E-state index is 0.230. The van der Waals surface area contributed by atoms with E-state index in [2.05, 4.69) is 17.6 Å². The fourth-order valence-electron chi connectivity index (χ4n) is 4.65. The van der Waals surface area contributed by atoms with Crippen molar-refractivity contribution >= 4 is 17.5 Å². The van der Waals surface area contributed by atoms with Gasteiger partial charge in [0.1, 0.15) is 17.3 Å². The molecule has 1 saturated carbocycles. The van der Waals surface area contributed by atoms with Crippen LogP contribution in [0.4, 0.5) is 10.1 Å². The van der Waals surface area contributed by atoms with Gasteiger partial charge in [0.25, 0.3) is 5.91 Å². The molecule has 0 saturated heterocycles. The Kier molecular flexibility index (Phi) is 9.77. The number of nitrogens with one attached hydrogen (secondary N) is 2. The lowest BCUT2D eigenvalue weighted by atomic mass is 9.92. The number of benzene rings is 3. The molecular weight excluding hydrogens is 509 g/mol. The number of anilines is 1. The van der Waals surface area contributed by atoms with E-state index in [1.807, 2.05) is 30.3 Å². The number of carbonyl (C=O) groups excluding carboxylic acids is 2. The summed E-state index contributed by atoms with van der Waals surface area (Å²) in [5.41, 5.74) is 8.57. The van der Waals surface area contributed by atoms with Crippen LogP contribution in [0.25, 0.3) is 0 Å². The predicted molar refractivity (Wildman–Crippen MR) is 154 cm³/mol. The van der Waals surface area contributed by atoms with Crippen LogP contribution in [-0.2, 0) is 11.2 Å². The predicted octanol–water partition coefficient (Wildman–Crippen LogP) is 5.20. The summed E-state index contributed by atoms with van der Waals surface area (Å²) in [4.78, 5) is 26.3. The molecule has 1 aliphatic carbocycles. The number of methoxy groups -OCH3 is 1.